The second-order valence-corrected chi connectivity index (χ2v) is 13.5. The molecule has 3 saturated heterocycles. The summed E-state index contributed by atoms with van der Waals surface area (Å²) < 4.78 is 18.1. The lowest BCUT2D eigenvalue weighted by molar-refractivity contribution is -0.183. The third kappa shape index (κ3) is 2.26. The molecule has 4 aliphatic carbocycles. The van der Waals surface area contributed by atoms with Crippen LogP contribution in [0.3, 0.4) is 0 Å². The van der Waals surface area contributed by atoms with Crippen molar-refractivity contribution in [3.63, 3.8) is 0 Å². The highest BCUT2D eigenvalue weighted by atomic mass is 16.7. The minimum atomic E-state index is -1.08. The van der Waals surface area contributed by atoms with Gasteiger partial charge in [-0.2, -0.15) is 0 Å². The number of fused-ring (bicyclic) bond motifs is 9. The summed E-state index contributed by atoms with van der Waals surface area (Å²) >= 11 is 0. The zero-order chi connectivity index (χ0) is 24.1. The molecule has 0 aromatic carbocycles. The van der Waals surface area contributed by atoms with Gasteiger partial charge in [0.05, 0.1) is 11.5 Å². The highest BCUT2D eigenvalue weighted by Crippen LogP contribution is 2.72. The van der Waals surface area contributed by atoms with Gasteiger partial charge < -0.3 is 19.3 Å². The van der Waals surface area contributed by atoms with E-state index in [-0.39, 0.29) is 47.3 Å². The Bertz CT molecular complexity index is 1020. The minimum Gasteiger partial charge on any atom is -0.460 e. The summed E-state index contributed by atoms with van der Waals surface area (Å²) in [6, 6.07) is 0. The molecule has 6 heteroatoms. The van der Waals surface area contributed by atoms with Crippen LogP contribution in [0.15, 0.2) is 12.2 Å². The van der Waals surface area contributed by atoms with E-state index in [9.17, 15) is 14.7 Å². The Balaban J connectivity index is 1.18. The monoisotopic (exact) mass is 470 g/mol. The lowest BCUT2D eigenvalue weighted by Gasteiger charge is -2.60. The molecule has 0 spiro atoms. The molecule has 7 rings (SSSR count). The predicted molar refractivity (Wildman–Crippen MR) is 123 cm³/mol. The first-order valence-electron chi connectivity index (χ1n) is 13.4. The first-order valence-corrected chi connectivity index (χ1v) is 13.4. The molecule has 3 saturated carbocycles. The maximum Gasteiger partial charge on any atom is 0.341 e. The van der Waals surface area contributed by atoms with E-state index in [1.807, 2.05) is 26.8 Å². The zero-order valence-corrected chi connectivity index (χ0v) is 21.0. The van der Waals surface area contributed by atoms with E-state index in [2.05, 4.69) is 13.8 Å². The van der Waals surface area contributed by atoms with Crippen molar-refractivity contribution in [1.29, 1.82) is 0 Å². The number of hydrogen-bond donors (Lipinski definition) is 1. The van der Waals surface area contributed by atoms with E-state index in [0.717, 1.165) is 32.1 Å². The van der Waals surface area contributed by atoms with Crippen molar-refractivity contribution in [1.82, 2.24) is 0 Å². The molecule has 6 nitrogen and oxygen atoms in total. The van der Waals surface area contributed by atoms with Crippen molar-refractivity contribution in [3.05, 3.63) is 12.2 Å². The molecular weight excluding hydrogens is 432 g/mol. The van der Waals surface area contributed by atoms with Gasteiger partial charge in [0.15, 0.2) is 11.4 Å². The van der Waals surface area contributed by atoms with Crippen molar-refractivity contribution in [2.24, 2.45) is 40.4 Å². The molecule has 34 heavy (non-hydrogen) atoms. The molecule has 3 aliphatic heterocycles. The molecule has 0 aromatic rings. The third-order valence-electron chi connectivity index (χ3n) is 12.5. The highest BCUT2D eigenvalue weighted by molar-refractivity contribution is 5.97. The van der Waals surface area contributed by atoms with E-state index in [0.29, 0.717) is 24.2 Å². The van der Waals surface area contributed by atoms with Gasteiger partial charge in [-0.15, -0.1) is 0 Å². The van der Waals surface area contributed by atoms with Crippen molar-refractivity contribution in [2.75, 3.05) is 0 Å². The number of ketones is 1. The first kappa shape index (κ1) is 22.0. The Kier molecular flexibility index (Phi) is 3.99. The van der Waals surface area contributed by atoms with Crippen LogP contribution in [0.5, 0.6) is 0 Å². The van der Waals surface area contributed by atoms with Gasteiger partial charge in [-0.25, -0.2) is 4.79 Å². The van der Waals surface area contributed by atoms with Gasteiger partial charge in [-0.1, -0.05) is 19.9 Å². The Hall–Kier alpha value is -1.24. The molecule has 3 heterocycles. The van der Waals surface area contributed by atoms with Gasteiger partial charge in [0.25, 0.3) is 0 Å². The van der Waals surface area contributed by atoms with Gasteiger partial charge in [0.2, 0.25) is 0 Å². The summed E-state index contributed by atoms with van der Waals surface area (Å²) in [5.41, 5.74) is -2.89. The Morgan fingerprint density at radius 1 is 1.09 bits per heavy atom. The molecule has 0 unspecified atom stereocenters. The number of allylic oxidation sites excluding steroid dienone is 1. The molecule has 7 aliphatic rings. The number of esters is 1. The summed E-state index contributed by atoms with van der Waals surface area (Å²) in [5, 5.41) is 11.7. The second kappa shape index (κ2) is 6.18. The van der Waals surface area contributed by atoms with Crippen molar-refractivity contribution in [3.8, 4) is 0 Å². The SMILES string of the molecule is C[C@@H]([C@H]1CC[C@H]2[C@@H]3[C@@H]4O[C@@H]4[C@@]4(O)CC=CC(=O)[C@]4(C)[C@@H]3CC[C@]12C)[C@H]1C[C@]2(C)O[C@]2(C)C(=O)O1. The van der Waals surface area contributed by atoms with E-state index in [4.69, 9.17) is 14.2 Å². The molecule has 0 aromatic heterocycles. The van der Waals surface area contributed by atoms with Gasteiger partial charge in [-0.3, -0.25) is 4.79 Å². The number of hydrogen-bond acceptors (Lipinski definition) is 6. The molecule has 1 N–H and O–H groups in total. The molecule has 0 bridgehead atoms. The number of cyclic esters (lactones) is 1. The van der Waals surface area contributed by atoms with Crippen LogP contribution in [0.2, 0.25) is 0 Å². The first-order chi connectivity index (χ1) is 15.9. The van der Waals surface area contributed by atoms with Crippen LogP contribution >= 0.6 is 0 Å². The fourth-order valence-electron chi connectivity index (χ4n) is 10.0. The zero-order valence-electron chi connectivity index (χ0n) is 21.0. The number of ether oxygens (including phenoxy) is 3. The standard InChI is InChI=1S/C28H38O6/c1-14(18-13-25(3)27(5,34-25)23(30)32-18)15-8-9-16-20-17(10-12-24(15,16)2)26(4)19(29)7-6-11-28(26,31)22-21(20)33-22/h6-7,14-18,20-22,31H,8-13H2,1-5H3/t14-,15+,16-,17+,18+,20-,21-,22-,24+,25-,26-,27+,28-/m0/s1. The molecule has 0 radical (unpaired) electrons. The number of epoxide rings is 2. The Labute approximate surface area is 201 Å². The average molecular weight is 471 g/mol. The third-order valence-corrected chi connectivity index (χ3v) is 12.5. The van der Waals surface area contributed by atoms with E-state index < -0.39 is 22.2 Å². The Morgan fingerprint density at radius 2 is 1.85 bits per heavy atom. The lowest BCUT2D eigenvalue weighted by Crippen LogP contribution is -2.67. The van der Waals surface area contributed by atoms with Crippen LogP contribution in [-0.4, -0.2) is 52.0 Å². The van der Waals surface area contributed by atoms with Crippen LogP contribution in [0, 0.1) is 40.4 Å². The van der Waals surface area contributed by atoms with Gasteiger partial charge >= 0.3 is 5.97 Å². The van der Waals surface area contributed by atoms with E-state index >= 15 is 0 Å². The smallest absolute Gasteiger partial charge is 0.341 e. The van der Waals surface area contributed by atoms with Crippen molar-refractivity contribution in [2.45, 2.75) is 108 Å². The maximum absolute atomic E-state index is 13.3. The quantitative estimate of drug-likeness (QED) is 0.490. The molecule has 6 fully saturated rings. The number of carbonyl (C=O) groups excluding carboxylic acids is 2. The summed E-state index contributed by atoms with van der Waals surface area (Å²) in [4.78, 5) is 26.0. The van der Waals surface area contributed by atoms with Crippen LogP contribution < -0.4 is 0 Å². The average Bonchev–Trinajstić information content (AvgIpc) is 3.64. The fourth-order valence-corrected chi connectivity index (χ4v) is 10.0. The van der Waals surface area contributed by atoms with Crippen molar-refractivity contribution >= 4 is 11.8 Å². The topological polar surface area (TPSA) is 88.7 Å². The van der Waals surface area contributed by atoms with Gasteiger partial charge in [-0.05, 0) is 94.0 Å². The highest BCUT2D eigenvalue weighted by Gasteiger charge is 2.78. The summed E-state index contributed by atoms with van der Waals surface area (Å²) in [6.45, 7) is 10.6. The molecule has 186 valence electrons. The van der Waals surface area contributed by atoms with E-state index in [1.54, 1.807) is 6.08 Å². The van der Waals surface area contributed by atoms with Crippen LogP contribution in [0.25, 0.3) is 0 Å². The Morgan fingerprint density at radius 3 is 2.59 bits per heavy atom. The van der Waals surface area contributed by atoms with Crippen LogP contribution in [0.1, 0.15) is 73.1 Å². The number of aliphatic hydroxyl groups is 1. The van der Waals surface area contributed by atoms with Gasteiger partial charge in [0.1, 0.15) is 23.4 Å². The number of carbonyl (C=O) groups is 2. The molecular formula is C28H38O6. The summed E-state index contributed by atoms with van der Waals surface area (Å²) in [6.07, 6.45) is 8.74. The van der Waals surface area contributed by atoms with Gasteiger partial charge in [0, 0.05) is 6.42 Å². The summed E-state index contributed by atoms with van der Waals surface area (Å²) in [5.74, 6) is 1.50. The molecule has 0 amide bonds. The predicted octanol–water partition coefficient (Wildman–Crippen LogP) is 3.59. The second-order valence-electron chi connectivity index (χ2n) is 13.5. The maximum atomic E-state index is 13.3. The van der Waals surface area contributed by atoms with E-state index in [1.165, 1.54) is 0 Å². The molecule has 13 atom stereocenters. The normalized spacial score (nSPS) is 61.9. The van der Waals surface area contributed by atoms with Crippen LogP contribution in [0.4, 0.5) is 0 Å². The lowest BCUT2D eigenvalue weighted by atomic mass is 9.43. The minimum absolute atomic E-state index is 0.0630. The fraction of sp³-hybridized carbons (Fsp3) is 0.857. The summed E-state index contributed by atoms with van der Waals surface area (Å²) in [7, 11) is 0. The largest absolute Gasteiger partial charge is 0.460 e. The number of rotatable bonds is 2. The van der Waals surface area contributed by atoms with Crippen molar-refractivity contribution < 1.29 is 28.9 Å². The van der Waals surface area contributed by atoms with Crippen LogP contribution in [-0.2, 0) is 23.8 Å².